The maximum Gasteiger partial charge on any atom is 0.315 e. The molecule has 4 fully saturated rings. The van der Waals surface area contributed by atoms with Crippen LogP contribution in [0.5, 0.6) is 0 Å². The maximum atomic E-state index is 13.3. The molecule has 0 aromatic rings. The highest BCUT2D eigenvalue weighted by molar-refractivity contribution is 5.89. The lowest BCUT2D eigenvalue weighted by Crippen LogP contribution is -2.51. The van der Waals surface area contributed by atoms with Crippen molar-refractivity contribution in [2.45, 2.75) is 115 Å². The number of hydrogen-bond donors (Lipinski definition) is 4. The highest BCUT2D eigenvalue weighted by atomic mass is 16.4. The molecule has 3 saturated carbocycles. The second kappa shape index (κ2) is 13.7. The molecule has 11 heteroatoms. The predicted molar refractivity (Wildman–Crippen MR) is 148 cm³/mol. The summed E-state index contributed by atoms with van der Waals surface area (Å²) in [5.74, 6) is -1.24. The van der Waals surface area contributed by atoms with E-state index in [1.54, 1.807) is 11.9 Å². The quantitative estimate of drug-likeness (QED) is 0.357. The Bertz CT molecular complexity index is 951. The van der Waals surface area contributed by atoms with Crippen LogP contribution in [0.2, 0.25) is 0 Å². The molecular formula is C29H47N5O6. The van der Waals surface area contributed by atoms with Crippen LogP contribution in [-0.2, 0) is 19.2 Å². The molecule has 40 heavy (non-hydrogen) atoms. The Morgan fingerprint density at radius 1 is 0.900 bits per heavy atom. The Morgan fingerprint density at radius 3 is 2.25 bits per heavy atom. The molecule has 11 nitrogen and oxygen atoms in total. The Morgan fingerprint density at radius 2 is 1.57 bits per heavy atom. The van der Waals surface area contributed by atoms with Gasteiger partial charge in [-0.3, -0.25) is 19.2 Å². The van der Waals surface area contributed by atoms with Gasteiger partial charge in [0.2, 0.25) is 17.7 Å². The second-order valence-electron chi connectivity index (χ2n) is 12.6. The molecule has 0 bridgehead atoms. The number of amides is 5. The van der Waals surface area contributed by atoms with Gasteiger partial charge in [-0.2, -0.15) is 0 Å². The van der Waals surface area contributed by atoms with E-state index in [0.29, 0.717) is 25.2 Å². The van der Waals surface area contributed by atoms with Crippen LogP contribution in [0.15, 0.2) is 0 Å². The van der Waals surface area contributed by atoms with E-state index in [0.717, 1.165) is 44.9 Å². The standard InChI is InChI=1S/C29H47N5O6/c1-18-5-3-4-6-23(18)32-29(40)31-21-10-8-20(9-11-21)30-25(35)16-19-7-12-24-22(15-19)28(39)34(14-13-27(37)38)17-26(36)33(24)2/h18-24H,3-17H2,1-2H3,(H,30,35)(H,37,38)(H2,31,32,40). The van der Waals surface area contributed by atoms with Crippen molar-refractivity contribution in [1.82, 2.24) is 25.8 Å². The van der Waals surface area contributed by atoms with Crippen molar-refractivity contribution in [3.05, 3.63) is 0 Å². The summed E-state index contributed by atoms with van der Waals surface area (Å²) in [7, 11) is 1.71. The zero-order valence-corrected chi connectivity index (χ0v) is 24.0. The zero-order chi connectivity index (χ0) is 28.8. The van der Waals surface area contributed by atoms with Crippen LogP contribution in [0.1, 0.15) is 90.4 Å². The molecule has 4 aliphatic rings. The van der Waals surface area contributed by atoms with Crippen LogP contribution in [0, 0.1) is 17.8 Å². The minimum Gasteiger partial charge on any atom is -0.481 e. The smallest absolute Gasteiger partial charge is 0.315 e. The molecule has 3 aliphatic carbocycles. The fourth-order valence-electron chi connectivity index (χ4n) is 7.21. The molecule has 5 atom stereocenters. The molecule has 0 aromatic carbocycles. The van der Waals surface area contributed by atoms with Gasteiger partial charge in [-0.15, -0.1) is 0 Å². The molecular weight excluding hydrogens is 514 g/mol. The summed E-state index contributed by atoms with van der Waals surface area (Å²) in [5.41, 5.74) is 0. The van der Waals surface area contributed by atoms with E-state index in [9.17, 15) is 24.0 Å². The summed E-state index contributed by atoms with van der Waals surface area (Å²) in [6, 6.07) is 0.158. The molecule has 1 heterocycles. The third-order valence-corrected chi connectivity index (χ3v) is 9.69. The van der Waals surface area contributed by atoms with Gasteiger partial charge >= 0.3 is 12.0 Å². The van der Waals surface area contributed by atoms with Gasteiger partial charge in [0.1, 0.15) is 0 Å². The van der Waals surface area contributed by atoms with E-state index in [4.69, 9.17) is 5.11 Å². The van der Waals surface area contributed by atoms with Gasteiger partial charge < -0.3 is 30.9 Å². The predicted octanol–water partition coefficient (Wildman–Crippen LogP) is 2.24. The number of likely N-dealkylation sites (N-methyl/N-ethyl adjacent to an activating group) is 1. The third-order valence-electron chi connectivity index (χ3n) is 9.69. The van der Waals surface area contributed by atoms with E-state index < -0.39 is 11.9 Å². The monoisotopic (exact) mass is 561 g/mol. The van der Waals surface area contributed by atoms with E-state index >= 15 is 0 Å². The minimum atomic E-state index is -1.00. The first kappa shape index (κ1) is 30.1. The van der Waals surface area contributed by atoms with Crippen LogP contribution >= 0.6 is 0 Å². The van der Waals surface area contributed by atoms with Crippen molar-refractivity contribution in [2.75, 3.05) is 20.1 Å². The first-order valence-electron chi connectivity index (χ1n) is 15.2. The largest absolute Gasteiger partial charge is 0.481 e. The highest BCUT2D eigenvalue weighted by Crippen LogP contribution is 2.36. The molecule has 4 N–H and O–H groups in total. The summed E-state index contributed by atoms with van der Waals surface area (Å²) in [6.07, 6.45) is 9.97. The second-order valence-corrected chi connectivity index (χ2v) is 12.6. The highest BCUT2D eigenvalue weighted by Gasteiger charge is 2.44. The number of nitrogens with one attached hydrogen (secondary N) is 3. The molecule has 4 rings (SSSR count). The van der Waals surface area contributed by atoms with Gasteiger partial charge in [0.05, 0.1) is 18.9 Å². The fourth-order valence-corrected chi connectivity index (χ4v) is 7.21. The lowest BCUT2D eigenvalue weighted by atomic mass is 9.75. The summed E-state index contributed by atoms with van der Waals surface area (Å²) >= 11 is 0. The van der Waals surface area contributed by atoms with E-state index in [1.165, 1.54) is 17.7 Å². The number of aliphatic carboxylic acids is 1. The number of fused-ring (bicyclic) bond motifs is 1. The molecule has 224 valence electrons. The topological polar surface area (TPSA) is 148 Å². The average Bonchev–Trinajstić information content (AvgIpc) is 3.00. The van der Waals surface area contributed by atoms with Crippen molar-refractivity contribution >= 4 is 29.7 Å². The number of urea groups is 1. The first-order chi connectivity index (χ1) is 19.1. The molecule has 1 aliphatic heterocycles. The summed E-state index contributed by atoms with van der Waals surface area (Å²) < 4.78 is 0. The van der Waals surface area contributed by atoms with Crippen molar-refractivity contribution in [3.8, 4) is 0 Å². The minimum absolute atomic E-state index is 0.0149. The Kier molecular flexibility index (Phi) is 10.3. The lowest BCUT2D eigenvalue weighted by molar-refractivity contribution is -0.141. The number of carbonyl (C=O) groups excluding carboxylic acids is 4. The fraction of sp³-hybridized carbons (Fsp3) is 0.828. The Balaban J connectivity index is 1.21. The lowest BCUT2D eigenvalue weighted by Gasteiger charge is -2.38. The average molecular weight is 562 g/mol. The van der Waals surface area contributed by atoms with Crippen LogP contribution in [0.25, 0.3) is 0 Å². The van der Waals surface area contributed by atoms with Crippen LogP contribution in [0.3, 0.4) is 0 Å². The van der Waals surface area contributed by atoms with E-state index in [1.807, 2.05) is 0 Å². The molecule has 5 amide bonds. The molecule has 0 radical (unpaired) electrons. The SMILES string of the molecule is CC1CCCCC1NC(=O)NC1CCC(NC(=O)CC2CCC3C(C2)C(=O)N(CCC(=O)O)CC(=O)N3C)CC1. The number of carboxylic acids is 1. The van der Waals surface area contributed by atoms with E-state index in [2.05, 4.69) is 22.9 Å². The van der Waals surface area contributed by atoms with E-state index in [-0.39, 0.29) is 73.3 Å². The van der Waals surface area contributed by atoms with Gasteiger partial charge in [0, 0.05) is 44.2 Å². The number of rotatable bonds is 8. The van der Waals surface area contributed by atoms with Crippen molar-refractivity contribution in [2.24, 2.45) is 17.8 Å². The molecule has 1 saturated heterocycles. The van der Waals surface area contributed by atoms with Crippen molar-refractivity contribution < 1.29 is 29.1 Å². The van der Waals surface area contributed by atoms with Crippen LogP contribution in [0.4, 0.5) is 4.79 Å². The van der Waals surface area contributed by atoms with Gasteiger partial charge in [-0.05, 0) is 69.6 Å². The van der Waals surface area contributed by atoms with Crippen LogP contribution in [-0.4, -0.2) is 88.9 Å². The Hall–Kier alpha value is -2.85. The van der Waals surface area contributed by atoms with Gasteiger partial charge in [0.25, 0.3) is 0 Å². The summed E-state index contributed by atoms with van der Waals surface area (Å²) in [4.78, 5) is 65.4. The van der Waals surface area contributed by atoms with Gasteiger partial charge in [-0.25, -0.2) is 4.79 Å². The summed E-state index contributed by atoms with van der Waals surface area (Å²) in [6.45, 7) is 2.12. The van der Waals surface area contributed by atoms with Crippen molar-refractivity contribution in [3.63, 3.8) is 0 Å². The molecule has 0 spiro atoms. The first-order valence-corrected chi connectivity index (χ1v) is 15.2. The molecule has 5 unspecified atom stereocenters. The summed E-state index contributed by atoms with van der Waals surface area (Å²) in [5, 5.41) is 18.5. The molecule has 0 aromatic heterocycles. The number of carbonyl (C=O) groups is 5. The normalized spacial score (nSPS) is 33.0. The van der Waals surface area contributed by atoms with Crippen LogP contribution < -0.4 is 16.0 Å². The van der Waals surface area contributed by atoms with Gasteiger partial charge in [-0.1, -0.05) is 19.8 Å². The zero-order valence-electron chi connectivity index (χ0n) is 24.0. The number of hydrogen-bond acceptors (Lipinski definition) is 5. The number of nitrogens with zero attached hydrogens (tertiary/aromatic N) is 2. The third kappa shape index (κ3) is 7.87. The van der Waals surface area contributed by atoms with Crippen molar-refractivity contribution in [1.29, 1.82) is 0 Å². The number of carboxylic acid groups (broad SMARTS) is 1. The Labute approximate surface area is 237 Å². The maximum absolute atomic E-state index is 13.3. The van der Waals surface area contributed by atoms with Gasteiger partial charge in [0.15, 0.2) is 0 Å².